The quantitative estimate of drug-likeness (QED) is 0.513. The zero-order chi connectivity index (χ0) is 19.6. The summed E-state index contributed by atoms with van der Waals surface area (Å²) in [7, 11) is 0. The van der Waals surface area contributed by atoms with Gasteiger partial charge in [0.05, 0.1) is 28.3 Å². The molecule has 0 radical (unpaired) electrons. The third-order valence-corrected chi connectivity index (χ3v) is 6.09. The first-order valence-electron chi connectivity index (χ1n) is 9.71. The monoisotopic (exact) mass is 400 g/mol. The van der Waals surface area contributed by atoms with Crippen molar-refractivity contribution >= 4 is 33.1 Å². The van der Waals surface area contributed by atoms with Crippen LogP contribution in [0.5, 0.6) is 5.75 Å². The van der Waals surface area contributed by atoms with Crippen LogP contribution in [0.25, 0.3) is 10.2 Å². The van der Waals surface area contributed by atoms with E-state index < -0.39 is 0 Å². The van der Waals surface area contributed by atoms with Gasteiger partial charge in [-0.25, -0.2) is 4.98 Å². The molecule has 5 rings (SSSR count). The number of carbonyl (C=O) groups excluding carboxylic acids is 1. The lowest BCUT2D eigenvalue weighted by Crippen LogP contribution is -2.14. The highest BCUT2D eigenvalue weighted by Crippen LogP contribution is 2.26. The van der Waals surface area contributed by atoms with Gasteiger partial charge < -0.3 is 10.1 Å². The number of amides is 1. The van der Waals surface area contributed by atoms with Gasteiger partial charge in [-0.15, -0.1) is 11.3 Å². The summed E-state index contributed by atoms with van der Waals surface area (Å²) < 4.78 is 6.73. The Kier molecular flexibility index (Phi) is 4.74. The largest absolute Gasteiger partial charge is 0.493 e. The van der Waals surface area contributed by atoms with Crippen molar-refractivity contribution in [1.29, 1.82) is 0 Å². The molecule has 0 spiro atoms. The number of nitrogens with one attached hydrogen (secondary N) is 1. The highest BCUT2D eigenvalue weighted by molar-refractivity contribution is 7.18. The van der Waals surface area contributed by atoms with Crippen molar-refractivity contribution in [3.8, 4) is 5.75 Å². The number of aromatic nitrogens is 1. The van der Waals surface area contributed by atoms with E-state index in [1.165, 1.54) is 15.8 Å². The number of ether oxygens (including phenoxy) is 1. The molecule has 1 aliphatic rings. The maximum atomic E-state index is 12.4. The molecule has 1 aliphatic heterocycles. The van der Waals surface area contributed by atoms with Crippen molar-refractivity contribution in [2.24, 2.45) is 0 Å². The summed E-state index contributed by atoms with van der Waals surface area (Å²) in [6, 6.07) is 22.2. The minimum absolute atomic E-state index is 0.0113. The number of carbonyl (C=O) groups is 1. The molecule has 29 heavy (non-hydrogen) atoms. The second-order valence-electron chi connectivity index (χ2n) is 7.21. The summed E-state index contributed by atoms with van der Waals surface area (Å²) in [5.74, 6) is 0.931. The molecule has 0 saturated carbocycles. The van der Waals surface area contributed by atoms with Crippen LogP contribution in [-0.4, -0.2) is 17.5 Å². The molecule has 1 amide bonds. The van der Waals surface area contributed by atoms with Gasteiger partial charge in [0.1, 0.15) is 5.75 Å². The molecule has 0 atom stereocenters. The fourth-order valence-corrected chi connectivity index (χ4v) is 4.62. The Bertz CT molecular complexity index is 1150. The SMILES string of the molecule is O=C(Cc1ccc2c(c1)CCO2)Nc1ccc(Cc2nc3ccccc3s2)cc1. The number of thiazole rings is 1. The summed E-state index contributed by atoms with van der Waals surface area (Å²) in [4.78, 5) is 17.1. The van der Waals surface area contributed by atoms with E-state index in [0.29, 0.717) is 6.42 Å². The number of benzene rings is 3. The smallest absolute Gasteiger partial charge is 0.228 e. The van der Waals surface area contributed by atoms with Crippen LogP contribution >= 0.6 is 11.3 Å². The molecule has 2 heterocycles. The fourth-order valence-electron chi connectivity index (χ4n) is 3.62. The molecule has 1 N–H and O–H groups in total. The van der Waals surface area contributed by atoms with E-state index in [2.05, 4.69) is 29.6 Å². The molecule has 4 nitrogen and oxygen atoms in total. The van der Waals surface area contributed by atoms with Crippen molar-refractivity contribution in [1.82, 2.24) is 4.98 Å². The van der Waals surface area contributed by atoms with Crippen LogP contribution < -0.4 is 10.1 Å². The van der Waals surface area contributed by atoms with Crippen LogP contribution in [0.4, 0.5) is 5.69 Å². The van der Waals surface area contributed by atoms with E-state index in [4.69, 9.17) is 9.72 Å². The van der Waals surface area contributed by atoms with Gasteiger partial charge in [0.25, 0.3) is 0 Å². The first-order chi connectivity index (χ1) is 14.2. The Morgan fingerprint density at radius 3 is 2.72 bits per heavy atom. The number of nitrogens with zero attached hydrogens (tertiary/aromatic N) is 1. The third kappa shape index (κ3) is 4.00. The minimum Gasteiger partial charge on any atom is -0.493 e. The standard InChI is InChI=1S/C24H20N2O2S/c27-23(14-17-7-10-21-18(13-17)11-12-28-21)25-19-8-5-16(6-9-19)15-24-26-20-3-1-2-4-22(20)29-24/h1-10,13H,11-12,14-15H2,(H,25,27). The van der Waals surface area contributed by atoms with Crippen LogP contribution in [0, 0.1) is 0 Å². The molecular weight excluding hydrogens is 380 g/mol. The van der Waals surface area contributed by atoms with Crippen molar-refractivity contribution in [2.45, 2.75) is 19.3 Å². The number of anilines is 1. The Labute approximate surface area is 173 Å². The Hall–Kier alpha value is -3.18. The van der Waals surface area contributed by atoms with E-state index in [9.17, 15) is 4.79 Å². The number of rotatable bonds is 5. The average molecular weight is 401 g/mol. The third-order valence-electron chi connectivity index (χ3n) is 5.05. The van der Waals surface area contributed by atoms with E-state index in [1.807, 2.05) is 42.5 Å². The van der Waals surface area contributed by atoms with Crippen LogP contribution in [0.1, 0.15) is 21.7 Å². The summed E-state index contributed by atoms with van der Waals surface area (Å²) in [5, 5.41) is 4.09. The zero-order valence-electron chi connectivity index (χ0n) is 15.9. The molecule has 0 saturated heterocycles. The van der Waals surface area contributed by atoms with Gasteiger partial charge in [-0.3, -0.25) is 4.79 Å². The summed E-state index contributed by atoms with van der Waals surface area (Å²) in [5.41, 5.74) is 5.25. The maximum Gasteiger partial charge on any atom is 0.228 e. The highest BCUT2D eigenvalue weighted by Gasteiger charge is 2.13. The van der Waals surface area contributed by atoms with E-state index in [0.717, 1.165) is 47.0 Å². The molecule has 0 bridgehead atoms. The van der Waals surface area contributed by atoms with Gasteiger partial charge in [0.15, 0.2) is 0 Å². The Morgan fingerprint density at radius 2 is 1.86 bits per heavy atom. The van der Waals surface area contributed by atoms with Crippen LogP contribution in [0.3, 0.4) is 0 Å². The van der Waals surface area contributed by atoms with Crippen molar-refractivity contribution in [2.75, 3.05) is 11.9 Å². The first-order valence-corrected chi connectivity index (χ1v) is 10.5. The first kappa shape index (κ1) is 17.9. The molecule has 3 aromatic carbocycles. The summed E-state index contributed by atoms with van der Waals surface area (Å²) in [6.07, 6.45) is 2.08. The van der Waals surface area contributed by atoms with Crippen molar-refractivity contribution in [3.05, 3.63) is 88.4 Å². The lowest BCUT2D eigenvalue weighted by molar-refractivity contribution is -0.115. The van der Waals surface area contributed by atoms with Gasteiger partial charge in [0.2, 0.25) is 5.91 Å². The molecule has 0 unspecified atom stereocenters. The second-order valence-corrected chi connectivity index (χ2v) is 8.33. The van der Waals surface area contributed by atoms with Crippen LogP contribution in [0.15, 0.2) is 66.7 Å². The van der Waals surface area contributed by atoms with Crippen molar-refractivity contribution < 1.29 is 9.53 Å². The fraction of sp³-hybridized carbons (Fsp3) is 0.167. The van der Waals surface area contributed by atoms with Crippen LogP contribution in [-0.2, 0) is 24.1 Å². The molecule has 0 aliphatic carbocycles. The molecular formula is C24H20N2O2S. The topological polar surface area (TPSA) is 51.2 Å². The zero-order valence-corrected chi connectivity index (χ0v) is 16.7. The van der Waals surface area contributed by atoms with E-state index >= 15 is 0 Å². The molecule has 0 fully saturated rings. The maximum absolute atomic E-state index is 12.4. The van der Waals surface area contributed by atoms with Crippen LogP contribution in [0.2, 0.25) is 0 Å². The Morgan fingerprint density at radius 1 is 1.03 bits per heavy atom. The van der Waals surface area contributed by atoms with Gasteiger partial charge in [0, 0.05) is 18.5 Å². The summed E-state index contributed by atoms with van der Waals surface area (Å²) >= 11 is 1.73. The minimum atomic E-state index is -0.0113. The second kappa shape index (κ2) is 7.68. The summed E-state index contributed by atoms with van der Waals surface area (Å²) in [6.45, 7) is 0.731. The van der Waals surface area contributed by atoms with Gasteiger partial charge in [-0.05, 0) is 47.0 Å². The molecule has 1 aromatic heterocycles. The normalized spacial score (nSPS) is 12.6. The number of hydrogen-bond donors (Lipinski definition) is 1. The molecule has 144 valence electrons. The van der Waals surface area contributed by atoms with E-state index in [1.54, 1.807) is 11.3 Å². The average Bonchev–Trinajstić information content (AvgIpc) is 3.35. The predicted molar refractivity (Wildman–Crippen MR) is 117 cm³/mol. The number of para-hydroxylation sites is 1. The number of fused-ring (bicyclic) bond motifs is 2. The molecule has 4 aromatic rings. The molecule has 5 heteroatoms. The Balaban J connectivity index is 1.21. The lowest BCUT2D eigenvalue weighted by atomic mass is 10.1. The highest BCUT2D eigenvalue weighted by atomic mass is 32.1. The van der Waals surface area contributed by atoms with Gasteiger partial charge >= 0.3 is 0 Å². The van der Waals surface area contributed by atoms with E-state index in [-0.39, 0.29) is 5.91 Å². The lowest BCUT2D eigenvalue weighted by Gasteiger charge is -2.07. The van der Waals surface area contributed by atoms with Crippen molar-refractivity contribution in [3.63, 3.8) is 0 Å². The number of hydrogen-bond acceptors (Lipinski definition) is 4. The predicted octanol–water partition coefficient (Wildman–Crippen LogP) is 5.00. The van der Waals surface area contributed by atoms with Gasteiger partial charge in [-0.2, -0.15) is 0 Å². The van der Waals surface area contributed by atoms with Gasteiger partial charge in [-0.1, -0.05) is 36.4 Å².